The summed E-state index contributed by atoms with van der Waals surface area (Å²) in [7, 11) is 0. The lowest BCUT2D eigenvalue weighted by Gasteiger charge is -2.11. The van der Waals surface area contributed by atoms with E-state index in [1.807, 2.05) is 19.1 Å². The van der Waals surface area contributed by atoms with Gasteiger partial charge in [0.15, 0.2) is 6.29 Å². The molecular formula is C20H19BrClNO4. The van der Waals surface area contributed by atoms with E-state index in [-0.39, 0.29) is 24.7 Å². The lowest BCUT2D eigenvalue weighted by Crippen LogP contribution is -2.16. The first kappa shape index (κ1) is 21.1. The number of aldehydes is 1. The SMILES string of the molecule is CCOC(=O)Cc1cc(C)cc(CC(=O)Nc2cc(Cl)c(Br)cc2C=O)c1. The number of ether oxygens (including phenoxy) is 1. The molecule has 0 bridgehead atoms. The second kappa shape index (κ2) is 9.67. The van der Waals surface area contributed by atoms with Crippen LogP contribution < -0.4 is 5.32 Å². The van der Waals surface area contributed by atoms with E-state index >= 15 is 0 Å². The minimum Gasteiger partial charge on any atom is -0.466 e. The van der Waals surface area contributed by atoms with E-state index in [1.165, 1.54) is 6.07 Å². The van der Waals surface area contributed by atoms with Crippen molar-refractivity contribution in [2.45, 2.75) is 26.7 Å². The van der Waals surface area contributed by atoms with Gasteiger partial charge in [-0.1, -0.05) is 35.4 Å². The third-order valence-electron chi connectivity index (χ3n) is 3.71. The van der Waals surface area contributed by atoms with Crippen LogP contribution in [0.3, 0.4) is 0 Å². The second-order valence-corrected chi connectivity index (χ2v) is 7.27. The molecule has 0 saturated carbocycles. The van der Waals surface area contributed by atoms with E-state index in [0.717, 1.165) is 16.7 Å². The molecule has 0 radical (unpaired) electrons. The lowest BCUT2D eigenvalue weighted by molar-refractivity contribution is -0.142. The van der Waals surface area contributed by atoms with Gasteiger partial charge in [0.1, 0.15) is 0 Å². The number of nitrogens with one attached hydrogen (secondary N) is 1. The number of hydrogen-bond donors (Lipinski definition) is 1. The quantitative estimate of drug-likeness (QED) is 0.495. The smallest absolute Gasteiger partial charge is 0.310 e. The second-order valence-electron chi connectivity index (χ2n) is 6.01. The van der Waals surface area contributed by atoms with Crippen LogP contribution in [0.15, 0.2) is 34.8 Å². The average Bonchev–Trinajstić information content (AvgIpc) is 2.57. The Hall–Kier alpha value is -2.18. The van der Waals surface area contributed by atoms with E-state index in [1.54, 1.807) is 19.1 Å². The van der Waals surface area contributed by atoms with E-state index in [0.29, 0.717) is 33.6 Å². The van der Waals surface area contributed by atoms with E-state index < -0.39 is 0 Å². The van der Waals surface area contributed by atoms with Crippen molar-refractivity contribution >= 4 is 51.4 Å². The molecule has 2 aromatic rings. The number of benzene rings is 2. The fourth-order valence-electron chi connectivity index (χ4n) is 2.68. The molecule has 0 aliphatic carbocycles. The molecule has 2 rings (SSSR count). The standard InChI is InChI=1S/C20H19BrClNO4/c1-3-27-20(26)8-14-5-12(2)4-13(6-14)7-19(25)23-18-10-17(22)16(21)9-15(18)11-24/h4-6,9-11H,3,7-8H2,1-2H3,(H,23,25). The molecule has 0 aliphatic rings. The maximum atomic E-state index is 12.4. The highest BCUT2D eigenvalue weighted by Gasteiger charge is 2.12. The normalized spacial score (nSPS) is 10.4. The van der Waals surface area contributed by atoms with Gasteiger partial charge < -0.3 is 10.1 Å². The van der Waals surface area contributed by atoms with Crippen molar-refractivity contribution in [2.75, 3.05) is 11.9 Å². The van der Waals surface area contributed by atoms with Gasteiger partial charge in [0, 0.05) is 10.0 Å². The number of carbonyl (C=O) groups excluding carboxylic acids is 3. The largest absolute Gasteiger partial charge is 0.466 e. The van der Waals surface area contributed by atoms with Crippen molar-refractivity contribution < 1.29 is 19.1 Å². The molecular weight excluding hydrogens is 434 g/mol. The van der Waals surface area contributed by atoms with Crippen LogP contribution in [0.1, 0.15) is 34.0 Å². The predicted octanol–water partition coefficient (Wildman–Crippen LogP) is 4.51. The number of anilines is 1. The molecule has 1 amide bonds. The Balaban J connectivity index is 2.14. The molecule has 0 atom stereocenters. The Morgan fingerprint density at radius 1 is 1.15 bits per heavy atom. The zero-order chi connectivity index (χ0) is 20.0. The van der Waals surface area contributed by atoms with Crippen LogP contribution in [0, 0.1) is 6.92 Å². The van der Waals surface area contributed by atoms with Crippen molar-refractivity contribution in [1.82, 2.24) is 0 Å². The number of esters is 1. The summed E-state index contributed by atoms with van der Waals surface area (Å²) in [5.41, 5.74) is 3.17. The van der Waals surface area contributed by atoms with Gasteiger partial charge in [-0.05, 0) is 53.0 Å². The first-order chi connectivity index (χ1) is 12.8. The summed E-state index contributed by atoms with van der Waals surface area (Å²) in [5, 5.41) is 3.10. The molecule has 0 aromatic heterocycles. The lowest BCUT2D eigenvalue weighted by atomic mass is 10.0. The third-order valence-corrected chi connectivity index (χ3v) is 4.91. The van der Waals surface area contributed by atoms with Gasteiger partial charge in [0.2, 0.25) is 5.91 Å². The summed E-state index contributed by atoms with van der Waals surface area (Å²) >= 11 is 9.29. The zero-order valence-corrected chi connectivity index (χ0v) is 17.3. The number of halogens is 2. The van der Waals surface area contributed by atoms with Crippen molar-refractivity contribution in [3.63, 3.8) is 0 Å². The van der Waals surface area contributed by atoms with E-state index in [9.17, 15) is 14.4 Å². The summed E-state index contributed by atoms with van der Waals surface area (Å²) in [5.74, 6) is -0.595. The van der Waals surface area contributed by atoms with E-state index in [2.05, 4.69) is 21.2 Å². The maximum Gasteiger partial charge on any atom is 0.310 e. The predicted molar refractivity (Wildman–Crippen MR) is 108 cm³/mol. The number of aryl methyl sites for hydroxylation is 1. The number of carbonyl (C=O) groups is 3. The van der Waals surface area contributed by atoms with Gasteiger partial charge in [-0.25, -0.2) is 0 Å². The maximum absolute atomic E-state index is 12.4. The van der Waals surface area contributed by atoms with Crippen LogP contribution in [-0.2, 0) is 27.2 Å². The Kier molecular flexibility index (Phi) is 7.56. The molecule has 0 heterocycles. The van der Waals surface area contributed by atoms with Gasteiger partial charge in [-0.2, -0.15) is 0 Å². The fraction of sp³-hybridized carbons (Fsp3) is 0.250. The van der Waals surface area contributed by atoms with Gasteiger partial charge >= 0.3 is 5.97 Å². The minimum absolute atomic E-state index is 0.101. The summed E-state index contributed by atoms with van der Waals surface area (Å²) in [6.07, 6.45) is 0.909. The molecule has 1 N–H and O–H groups in total. The van der Waals surface area contributed by atoms with Gasteiger partial charge in [-0.3, -0.25) is 14.4 Å². The molecule has 0 aliphatic heterocycles. The zero-order valence-electron chi connectivity index (χ0n) is 15.0. The van der Waals surface area contributed by atoms with Crippen LogP contribution in [0.25, 0.3) is 0 Å². The first-order valence-corrected chi connectivity index (χ1v) is 9.48. The first-order valence-electron chi connectivity index (χ1n) is 8.31. The van der Waals surface area contributed by atoms with Crippen molar-refractivity contribution in [3.05, 3.63) is 62.1 Å². The molecule has 27 heavy (non-hydrogen) atoms. The monoisotopic (exact) mass is 451 g/mol. The van der Waals surface area contributed by atoms with Crippen LogP contribution >= 0.6 is 27.5 Å². The van der Waals surface area contributed by atoms with Crippen LogP contribution in [0.2, 0.25) is 5.02 Å². The third kappa shape index (κ3) is 6.19. The van der Waals surface area contributed by atoms with Crippen LogP contribution in [-0.4, -0.2) is 24.8 Å². The Morgan fingerprint density at radius 2 is 1.81 bits per heavy atom. The topological polar surface area (TPSA) is 72.5 Å². The summed E-state index contributed by atoms with van der Waals surface area (Å²) < 4.78 is 5.54. The van der Waals surface area contributed by atoms with Crippen molar-refractivity contribution in [3.8, 4) is 0 Å². The highest BCUT2D eigenvalue weighted by atomic mass is 79.9. The number of rotatable bonds is 7. The fourth-order valence-corrected chi connectivity index (χ4v) is 3.20. The number of amides is 1. The average molecular weight is 453 g/mol. The van der Waals surface area contributed by atoms with Crippen molar-refractivity contribution in [1.29, 1.82) is 0 Å². The van der Waals surface area contributed by atoms with Crippen LogP contribution in [0.5, 0.6) is 0 Å². The van der Waals surface area contributed by atoms with E-state index in [4.69, 9.17) is 16.3 Å². The molecule has 0 saturated heterocycles. The molecule has 5 nitrogen and oxygen atoms in total. The number of hydrogen-bond acceptors (Lipinski definition) is 4. The molecule has 0 unspecified atom stereocenters. The molecule has 0 spiro atoms. The molecule has 2 aromatic carbocycles. The molecule has 142 valence electrons. The summed E-state index contributed by atoms with van der Waals surface area (Å²) in [6, 6.07) is 8.64. The summed E-state index contributed by atoms with van der Waals surface area (Å²) in [6.45, 7) is 3.98. The molecule has 7 heteroatoms. The Morgan fingerprint density at radius 3 is 2.44 bits per heavy atom. The minimum atomic E-state index is -0.307. The summed E-state index contributed by atoms with van der Waals surface area (Å²) in [4.78, 5) is 35.3. The van der Waals surface area contributed by atoms with Gasteiger partial charge in [0.05, 0.1) is 30.2 Å². The van der Waals surface area contributed by atoms with Crippen LogP contribution in [0.4, 0.5) is 5.69 Å². The molecule has 0 fully saturated rings. The van der Waals surface area contributed by atoms with Crippen molar-refractivity contribution in [2.24, 2.45) is 0 Å². The Bertz CT molecular complexity index is 883. The highest BCUT2D eigenvalue weighted by Crippen LogP contribution is 2.28. The Labute approximate surface area is 171 Å². The van der Waals surface area contributed by atoms with Gasteiger partial charge in [-0.15, -0.1) is 0 Å². The highest BCUT2D eigenvalue weighted by molar-refractivity contribution is 9.10. The van der Waals surface area contributed by atoms with Gasteiger partial charge in [0.25, 0.3) is 0 Å².